The van der Waals surface area contributed by atoms with Gasteiger partial charge in [0, 0.05) is 25.0 Å². The molecule has 11 heteroatoms. The summed E-state index contributed by atoms with van der Waals surface area (Å²) in [6.45, 7) is 1.79. The molecule has 7 N–H and O–H groups in total. The number of likely N-dealkylation sites (N-methyl/N-ethyl adjacent to an activating group) is 1. The minimum atomic E-state index is -2.68. The predicted octanol–water partition coefficient (Wildman–Crippen LogP) is 1.27. The molecule has 0 heterocycles. The van der Waals surface area contributed by atoms with Gasteiger partial charge in [-0.05, 0) is 61.2 Å². The Morgan fingerprint density at radius 1 is 1.07 bits per heavy atom. The van der Waals surface area contributed by atoms with Gasteiger partial charge < -0.3 is 31.5 Å². The van der Waals surface area contributed by atoms with Crippen LogP contribution in [0.25, 0.3) is 16.9 Å². The monoisotopic (exact) mass is 561 g/mol. The molecular weight excluding hydrogens is 530 g/mol. The highest BCUT2D eigenvalue weighted by atomic mass is 16.3. The molecule has 0 aromatic heterocycles. The van der Waals surface area contributed by atoms with E-state index < -0.39 is 58.0 Å². The third kappa shape index (κ3) is 4.20. The van der Waals surface area contributed by atoms with Crippen molar-refractivity contribution < 1.29 is 39.6 Å². The van der Waals surface area contributed by atoms with Gasteiger partial charge in [-0.3, -0.25) is 24.1 Å². The quantitative estimate of drug-likeness (QED) is 0.292. The van der Waals surface area contributed by atoms with Gasteiger partial charge in [-0.1, -0.05) is 30.3 Å². The predicted molar refractivity (Wildman–Crippen MR) is 147 cm³/mol. The molecule has 2 amide bonds. The second-order valence-corrected chi connectivity index (χ2v) is 11.1. The van der Waals surface area contributed by atoms with Crippen molar-refractivity contribution in [2.45, 2.75) is 38.0 Å². The summed E-state index contributed by atoms with van der Waals surface area (Å²) in [6, 6.07) is 9.34. The number of rotatable bonds is 5. The van der Waals surface area contributed by atoms with E-state index in [1.807, 2.05) is 24.3 Å². The Morgan fingerprint density at radius 2 is 1.73 bits per heavy atom. The molecule has 2 aromatic rings. The summed E-state index contributed by atoms with van der Waals surface area (Å²) in [5.41, 5.74) is 4.58. The van der Waals surface area contributed by atoms with Gasteiger partial charge in [0.25, 0.3) is 5.91 Å². The Balaban J connectivity index is 1.64. The number of Topliss-reactive ketones (excluding diaryl/α,β-unsaturated/α-hetero) is 2. The molecule has 214 valence electrons. The Bertz CT molecular complexity index is 1570. The third-order valence-electron chi connectivity index (χ3n) is 8.41. The summed E-state index contributed by atoms with van der Waals surface area (Å²) in [5, 5.41) is 47.6. The molecule has 0 aliphatic heterocycles. The molecule has 3 aliphatic rings. The summed E-state index contributed by atoms with van der Waals surface area (Å²) in [6.07, 6.45) is 0.197. The van der Waals surface area contributed by atoms with Crippen molar-refractivity contribution >= 4 is 29.1 Å². The van der Waals surface area contributed by atoms with Gasteiger partial charge in [0.15, 0.2) is 11.4 Å². The molecule has 0 bridgehead atoms. The molecule has 0 radical (unpaired) electrons. The van der Waals surface area contributed by atoms with Gasteiger partial charge in [-0.25, -0.2) is 0 Å². The Hall–Kier alpha value is -4.48. The van der Waals surface area contributed by atoms with Crippen molar-refractivity contribution in [1.29, 1.82) is 0 Å². The minimum absolute atomic E-state index is 0.0104. The van der Waals surface area contributed by atoms with Crippen LogP contribution in [0.3, 0.4) is 0 Å². The molecule has 0 saturated heterocycles. The van der Waals surface area contributed by atoms with E-state index in [9.17, 15) is 39.6 Å². The molecule has 1 saturated carbocycles. The number of fused-ring (bicyclic) bond motifs is 3. The summed E-state index contributed by atoms with van der Waals surface area (Å²) in [4.78, 5) is 52.0. The maximum absolute atomic E-state index is 13.9. The standard InChI is InChI=1S/C30H31N3O8/c1-13(34)32-12-14-4-6-15(7-5-14)17-8-9-20(35)22-18(17)10-16-11-19-24(33(2)3)26(37)23(29(31)40)28(39)30(19,41)27(38)21(16)25(22)36/h4-9,16,19,24,35-36,39,41H,10-12H2,1-3H3,(H2,31,40)(H,32,34)/t16-,19-,24-,30-/m1/s1. The zero-order valence-electron chi connectivity index (χ0n) is 22.8. The Morgan fingerprint density at radius 3 is 2.32 bits per heavy atom. The van der Waals surface area contributed by atoms with Gasteiger partial charge in [-0.15, -0.1) is 0 Å². The van der Waals surface area contributed by atoms with Crippen molar-refractivity contribution in [3.63, 3.8) is 0 Å². The first-order valence-corrected chi connectivity index (χ1v) is 13.1. The first-order valence-electron chi connectivity index (χ1n) is 13.1. The van der Waals surface area contributed by atoms with E-state index in [0.29, 0.717) is 17.7 Å². The van der Waals surface area contributed by atoms with Crippen LogP contribution < -0.4 is 11.1 Å². The van der Waals surface area contributed by atoms with E-state index in [4.69, 9.17) is 5.73 Å². The van der Waals surface area contributed by atoms with Gasteiger partial charge in [0.1, 0.15) is 22.8 Å². The molecule has 11 nitrogen and oxygen atoms in total. The second kappa shape index (κ2) is 9.86. The number of phenolic OH excluding ortho intramolecular Hbond substituents is 1. The largest absolute Gasteiger partial charge is 0.508 e. The third-order valence-corrected chi connectivity index (χ3v) is 8.41. The molecule has 4 atom stereocenters. The van der Waals surface area contributed by atoms with Crippen molar-refractivity contribution in [1.82, 2.24) is 10.2 Å². The number of carbonyl (C=O) groups is 4. The maximum Gasteiger partial charge on any atom is 0.255 e. The van der Waals surface area contributed by atoms with Crippen LogP contribution in [0.4, 0.5) is 0 Å². The maximum atomic E-state index is 13.9. The SMILES string of the molecule is CC(=O)NCc1ccc(-c2ccc(O)c3c2C[C@@H]2C[C@@H]4[C@@H](N(C)C)C(=O)C(C(N)=O)=C(O)[C@]4(O)C(=O)C2=C3O)cc1. The number of aromatic hydroxyl groups is 1. The molecular formula is C30H31N3O8. The van der Waals surface area contributed by atoms with E-state index in [0.717, 1.165) is 11.1 Å². The van der Waals surface area contributed by atoms with E-state index in [-0.39, 0.29) is 35.6 Å². The first-order chi connectivity index (χ1) is 19.3. The van der Waals surface area contributed by atoms with Crippen LogP contribution in [0.2, 0.25) is 0 Å². The average Bonchev–Trinajstić information content (AvgIpc) is 2.89. The number of ketones is 2. The number of aliphatic hydroxyl groups is 3. The fraction of sp³-hybridized carbons (Fsp3) is 0.333. The first kappa shape index (κ1) is 28.1. The molecule has 0 spiro atoms. The van der Waals surface area contributed by atoms with Gasteiger partial charge in [0.2, 0.25) is 11.7 Å². The zero-order valence-corrected chi connectivity index (χ0v) is 22.8. The van der Waals surface area contributed by atoms with Crippen LogP contribution >= 0.6 is 0 Å². The van der Waals surface area contributed by atoms with Crippen LogP contribution in [-0.4, -0.2) is 74.4 Å². The highest BCUT2D eigenvalue weighted by molar-refractivity contribution is 6.24. The number of benzene rings is 2. The van der Waals surface area contributed by atoms with Crippen molar-refractivity contribution in [2.24, 2.45) is 17.6 Å². The lowest BCUT2D eigenvalue weighted by Gasteiger charge is -2.50. The molecule has 41 heavy (non-hydrogen) atoms. The molecule has 1 fully saturated rings. The van der Waals surface area contributed by atoms with Crippen LogP contribution in [-0.2, 0) is 32.1 Å². The van der Waals surface area contributed by atoms with E-state index in [2.05, 4.69) is 5.32 Å². The fourth-order valence-corrected chi connectivity index (χ4v) is 6.54. The van der Waals surface area contributed by atoms with Gasteiger partial charge in [0.05, 0.1) is 11.6 Å². The van der Waals surface area contributed by atoms with Gasteiger partial charge >= 0.3 is 0 Å². The van der Waals surface area contributed by atoms with Crippen LogP contribution in [0, 0.1) is 11.8 Å². The van der Waals surface area contributed by atoms with Crippen molar-refractivity contribution in [3.8, 4) is 16.9 Å². The van der Waals surface area contributed by atoms with Crippen LogP contribution in [0.15, 0.2) is 53.3 Å². The highest BCUT2D eigenvalue weighted by Gasteiger charge is 2.64. The van der Waals surface area contributed by atoms with Crippen LogP contribution in [0.5, 0.6) is 5.75 Å². The van der Waals surface area contributed by atoms with Crippen LogP contribution in [0.1, 0.15) is 30.0 Å². The topological polar surface area (TPSA) is 190 Å². The lowest BCUT2D eigenvalue weighted by atomic mass is 9.57. The summed E-state index contributed by atoms with van der Waals surface area (Å²) in [5.74, 6) is -7.03. The van der Waals surface area contributed by atoms with E-state index >= 15 is 0 Å². The number of carbonyl (C=O) groups excluding carboxylic acids is 4. The summed E-state index contributed by atoms with van der Waals surface area (Å²) in [7, 11) is 3.11. The number of phenols is 1. The Labute approximate surface area is 235 Å². The average molecular weight is 562 g/mol. The fourth-order valence-electron chi connectivity index (χ4n) is 6.54. The van der Waals surface area contributed by atoms with E-state index in [1.165, 1.54) is 17.9 Å². The molecule has 3 aliphatic carbocycles. The lowest BCUT2D eigenvalue weighted by molar-refractivity contribution is -0.153. The number of primary amides is 1. The van der Waals surface area contributed by atoms with E-state index in [1.54, 1.807) is 20.2 Å². The normalized spacial score (nSPS) is 25.5. The number of aliphatic hydroxyl groups excluding tert-OH is 2. The van der Waals surface area contributed by atoms with Crippen molar-refractivity contribution in [2.75, 3.05) is 14.1 Å². The highest BCUT2D eigenvalue weighted by Crippen LogP contribution is 2.53. The summed E-state index contributed by atoms with van der Waals surface area (Å²) < 4.78 is 0. The zero-order chi connectivity index (χ0) is 30.0. The second-order valence-electron chi connectivity index (χ2n) is 11.1. The number of amides is 2. The number of hydrogen-bond donors (Lipinski definition) is 6. The minimum Gasteiger partial charge on any atom is -0.508 e. The molecule has 0 unspecified atom stereocenters. The van der Waals surface area contributed by atoms with Gasteiger partial charge in [-0.2, -0.15) is 0 Å². The number of nitrogens with one attached hydrogen (secondary N) is 1. The smallest absolute Gasteiger partial charge is 0.255 e. The Kier molecular flexibility index (Phi) is 6.75. The lowest BCUT2D eigenvalue weighted by Crippen LogP contribution is -2.65. The summed E-state index contributed by atoms with van der Waals surface area (Å²) >= 11 is 0. The number of nitrogens with two attached hydrogens (primary N) is 1. The number of nitrogens with zero attached hydrogens (tertiary/aromatic N) is 1. The molecule has 2 aromatic carbocycles. The molecule has 5 rings (SSSR count). The number of hydrogen-bond acceptors (Lipinski definition) is 9. The van der Waals surface area contributed by atoms with Crippen molar-refractivity contribution in [3.05, 3.63) is 70.0 Å².